The number of carbonyl (C=O) groups excluding carboxylic acids is 1. The fourth-order valence-electron chi connectivity index (χ4n) is 1.72. The number of hydrogen-bond acceptors (Lipinski definition) is 4. The average Bonchev–Trinajstić information content (AvgIpc) is 2.70. The molecule has 0 spiro atoms. The minimum absolute atomic E-state index is 0.0671. The lowest BCUT2D eigenvalue weighted by Gasteiger charge is -2.28. The molecule has 2 bridgehead atoms. The summed E-state index contributed by atoms with van der Waals surface area (Å²) in [7, 11) is 0. The van der Waals surface area contributed by atoms with Crippen LogP contribution in [0.1, 0.15) is 11.6 Å². The maximum Gasteiger partial charge on any atom is 0.322 e. The van der Waals surface area contributed by atoms with E-state index >= 15 is 0 Å². The van der Waals surface area contributed by atoms with Crippen LogP contribution < -0.4 is 0 Å². The fourth-order valence-corrected chi connectivity index (χ4v) is 2.41. The van der Waals surface area contributed by atoms with Crippen LogP contribution >= 0.6 is 11.3 Å². The molecule has 1 aromatic rings. The van der Waals surface area contributed by atoms with E-state index in [-0.39, 0.29) is 17.9 Å². The molecule has 3 nitrogen and oxygen atoms in total. The summed E-state index contributed by atoms with van der Waals surface area (Å²) >= 11 is 1.62. The van der Waals surface area contributed by atoms with Gasteiger partial charge < -0.3 is 4.74 Å². The van der Waals surface area contributed by atoms with Crippen LogP contribution in [0.15, 0.2) is 34.0 Å². The van der Waals surface area contributed by atoms with Gasteiger partial charge in [-0.25, -0.2) is 4.99 Å². The van der Waals surface area contributed by atoms with Crippen molar-refractivity contribution in [2.24, 2.45) is 10.9 Å². The number of aliphatic imine (C=N–C) groups is 1. The second kappa shape index (κ2) is 2.78. The predicted octanol–water partition coefficient (Wildman–Crippen LogP) is 1.93. The Kier molecular flexibility index (Phi) is 1.58. The SMILES string of the molecule is O=C1OC2=NC(c3ccsc3)C1C=C2. The van der Waals surface area contributed by atoms with Gasteiger partial charge in [0, 0.05) is 0 Å². The Morgan fingerprint density at radius 2 is 2.43 bits per heavy atom. The summed E-state index contributed by atoms with van der Waals surface area (Å²) in [6, 6.07) is 1.93. The number of hydrogen-bond donors (Lipinski definition) is 0. The molecule has 14 heavy (non-hydrogen) atoms. The molecule has 0 fully saturated rings. The lowest BCUT2D eigenvalue weighted by atomic mass is 9.91. The summed E-state index contributed by atoms with van der Waals surface area (Å²) in [6.07, 6.45) is 3.63. The van der Waals surface area contributed by atoms with Gasteiger partial charge in [0.15, 0.2) is 0 Å². The molecule has 0 saturated carbocycles. The fraction of sp³-hybridized carbons (Fsp3) is 0.200. The van der Waals surface area contributed by atoms with Crippen molar-refractivity contribution >= 4 is 23.2 Å². The highest BCUT2D eigenvalue weighted by Gasteiger charge is 2.37. The van der Waals surface area contributed by atoms with E-state index in [9.17, 15) is 4.79 Å². The van der Waals surface area contributed by atoms with Crippen molar-refractivity contribution in [3.63, 3.8) is 0 Å². The van der Waals surface area contributed by atoms with Crippen LogP contribution in [0.4, 0.5) is 0 Å². The van der Waals surface area contributed by atoms with Gasteiger partial charge in [0.2, 0.25) is 5.90 Å². The Morgan fingerprint density at radius 1 is 1.50 bits per heavy atom. The summed E-state index contributed by atoms with van der Waals surface area (Å²) in [4.78, 5) is 15.7. The number of carbonyl (C=O) groups is 1. The average molecular weight is 205 g/mol. The molecule has 0 aromatic carbocycles. The van der Waals surface area contributed by atoms with Gasteiger partial charge in [-0.3, -0.25) is 4.79 Å². The number of dihydropyridines is 1. The van der Waals surface area contributed by atoms with E-state index in [0.717, 1.165) is 5.56 Å². The normalized spacial score (nSPS) is 28.9. The first-order valence-electron chi connectivity index (χ1n) is 4.34. The molecular formula is C10H7NO2S. The van der Waals surface area contributed by atoms with Gasteiger partial charge in [-0.15, -0.1) is 0 Å². The summed E-state index contributed by atoms with van der Waals surface area (Å²) in [5.74, 6) is 0.0181. The Hall–Kier alpha value is -1.42. The second-order valence-corrected chi connectivity index (χ2v) is 4.05. The minimum Gasteiger partial charge on any atom is -0.407 e. The van der Waals surface area contributed by atoms with Crippen molar-refractivity contribution in [3.8, 4) is 0 Å². The van der Waals surface area contributed by atoms with Gasteiger partial charge in [0.05, 0.1) is 6.04 Å². The van der Waals surface area contributed by atoms with E-state index in [1.807, 2.05) is 22.9 Å². The van der Waals surface area contributed by atoms with E-state index in [2.05, 4.69) is 4.99 Å². The van der Waals surface area contributed by atoms with E-state index in [1.54, 1.807) is 17.4 Å². The molecule has 0 radical (unpaired) electrons. The van der Waals surface area contributed by atoms with Crippen LogP contribution in [-0.4, -0.2) is 11.9 Å². The van der Waals surface area contributed by atoms with Crippen LogP contribution in [0.2, 0.25) is 0 Å². The maximum absolute atomic E-state index is 11.4. The molecule has 0 amide bonds. The highest BCUT2D eigenvalue weighted by molar-refractivity contribution is 7.08. The van der Waals surface area contributed by atoms with Crippen LogP contribution in [0.5, 0.6) is 0 Å². The first-order valence-corrected chi connectivity index (χ1v) is 5.29. The Labute approximate surface area is 84.7 Å². The van der Waals surface area contributed by atoms with Gasteiger partial charge in [0.1, 0.15) is 5.92 Å². The zero-order valence-electron chi connectivity index (χ0n) is 7.21. The number of rotatable bonds is 1. The second-order valence-electron chi connectivity index (χ2n) is 3.27. The number of ether oxygens (including phenoxy) is 1. The van der Waals surface area contributed by atoms with E-state index in [4.69, 9.17) is 4.74 Å². The van der Waals surface area contributed by atoms with Crippen molar-refractivity contribution in [1.29, 1.82) is 0 Å². The zero-order chi connectivity index (χ0) is 9.54. The van der Waals surface area contributed by atoms with Crippen LogP contribution in [0.25, 0.3) is 0 Å². The molecule has 4 heterocycles. The molecule has 1 aromatic heterocycles. The van der Waals surface area contributed by atoms with Gasteiger partial charge in [0.25, 0.3) is 0 Å². The van der Waals surface area contributed by atoms with Crippen molar-refractivity contribution in [3.05, 3.63) is 34.5 Å². The lowest BCUT2D eigenvalue weighted by molar-refractivity contribution is -0.140. The molecule has 0 saturated heterocycles. The van der Waals surface area contributed by atoms with Crippen LogP contribution in [-0.2, 0) is 9.53 Å². The van der Waals surface area contributed by atoms with Gasteiger partial charge in [-0.2, -0.15) is 11.3 Å². The monoisotopic (exact) mass is 205 g/mol. The van der Waals surface area contributed by atoms with E-state index in [0.29, 0.717) is 5.90 Å². The number of thiophene rings is 1. The Balaban J connectivity index is 2.05. The molecule has 0 aliphatic carbocycles. The summed E-state index contributed by atoms with van der Waals surface area (Å²) in [6.45, 7) is 0. The largest absolute Gasteiger partial charge is 0.407 e. The lowest BCUT2D eigenvalue weighted by Crippen LogP contribution is -2.33. The number of nitrogens with zero attached hydrogens (tertiary/aromatic N) is 1. The predicted molar refractivity (Wildman–Crippen MR) is 53.2 cm³/mol. The molecular weight excluding hydrogens is 198 g/mol. The summed E-state index contributed by atoms with van der Waals surface area (Å²) in [5, 5.41) is 4.02. The molecule has 4 rings (SSSR count). The standard InChI is InChI=1S/C10H7NO2S/c12-10-7-1-2-8(13-10)11-9(7)6-3-4-14-5-6/h1-5,7,9H. The number of esters is 1. The topological polar surface area (TPSA) is 38.7 Å². The van der Waals surface area contributed by atoms with Crippen molar-refractivity contribution in [2.75, 3.05) is 0 Å². The first-order chi connectivity index (χ1) is 6.84. The highest BCUT2D eigenvalue weighted by Crippen LogP contribution is 2.35. The molecule has 2 unspecified atom stereocenters. The third kappa shape index (κ3) is 1.04. The van der Waals surface area contributed by atoms with Crippen molar-refractivity contribution in [1.82, 2.24) is 0 Å². The third-order valence-electron chi connectivity index (χ3n) is 2.41. The van der Waals surface area contributed by atoms with Crippen molar-refractivity contribution < 1.29 is 9.53 Å². The molecule has 3 aliphatic heterocycles. The smallest absolute Gasteiger partial charge is 0.322 e. The van der Waals surface area contributed by atoms with Crippen molar-refractivity contribution in [2.45, 2.75) is 6.04 Å². The van der Waals surface area contributed by atoms with Crippen LogP contribution in [0, 0.1) is 5.92 Å². The Bertz CT molecular complexity index is 433. The summed E-state index contributed by atoms with van der Waals surface area (Å²) in [5.41, 5.74) is 1.10. The maximum atomic E-state index is 11.4. The molecule has 70 valence electrons. The summed E-state index contributed by atoms with van der Waals surface area (Å²) < 4.78 is 4.94. The first kappa shape index (κ1) is 7.94. The van der Waals surface area contributed by atoms with E-state index in [1.165, 1.54) is 0 Å². The molecule has 3 aliphatic rings. The minimum atomic E-state index is -0.234. The third-order valence-corrected chi connectivity index (χ3v) is 3.12. The van der Waals surface area contributed by atoms with Gasteiger partial charge in [-0.1, -0.05) is 6.08 Å². The molecule has 0 N–H and O–H groups in total. The zero-order valence-corrected chi connectivity index (χ0v) is 8.03. The molecule has 2 atom stereocenters. The van der Waals surface area contributed by atoms with Gasteiger partial charge in [-0.05, 0) is 28.5 Å². The van der Waals surface area contributed by atoms with Crippen LogP contribution in [0.3, 0.4) is 0 Å². The van der Waals surface area contributed by atoms with Gasteiger partial charge >= 0.3 is 5.97 Å². The van der Waals surface area contributed by atoms with E-state index < -0.39 is 0 Å². The highest BCUT2D eigenvalue weighted by atomic mass is 32.1. The quantitative estimate of drug-likeness (QED) is 0.657. The molecule has 4 heteroatoms. The number of fused-ring (bicyclic) bond motifs is 2. The Morgan fingerprint density at radius 3 is 3.07 bits per heavy atom.